The molecule has 9 nitrogen and oxygen atoms in total. The van der Waals surface area contributed by atoms with Gasteiger partial charge in [-0.05, 0) is 26.0 Å². The Morgan fingerprint density at radius 2 is 1.80 bits per heavy atom. The van der Waals surface area contributed by atoms with Crippen LogP contribution in [0.3, 0.4) is 0 Å². The highest BCUT2D eigenvalue weighted by molar-refractivity contribution is 7.89. The van der Waals surface area contributed by atoms with Gasteiger partial charge in [0.1, 0.15) is 0 Å². The van der Waals surface area contributed by atoms with Gasteiger partial charge in [-0.3, -0.25) is 9.69 Å². The van der Waals surface area contributed by atoms with E-state index in [1.807, 2.05) is 0 Å². The maximum Gasteiger partial charge on any atom is 0.240 e. The van der Waals surface area contributed by atoms with Gasteiger partial charge in [0, 0.05) is 50.6 Å². The standard InChI is InChI=1S/C20H31N3O6S/c1-20(2,23-8-12-27-13-9-23)15-21-19(24)6-7-22-30(25,26)16-4-5-17-18(14-16)29-11-3-10-28-17/h4-5,14,22H,3,6-13,15H2,1-2H3,(H,21,24). The number of morpholine rings is 1. The third-order valence-corrected chi connectivity index (χ3v) is 6.72. The summed E-state index contributed by atoms with van der Waals surface area (Å²) in [6.07, 6.45) is 0.801. The topological polar surface area (TPSA) is 106 Å². The molecular weight excluding hydrogens is 410 g/mol. The number of ether oxygens (including phenoxy) is 3. The maximum atomic E-state index is 12.6. The van der Waals surface area contributed by atoms with Gasteiger partial charge in [0.25, 0.3) is 0 Å². The molecule has 0 unspecified atom stereocenters. The summed E-state index contributed by atoms with van der Waals surface area (Å²) in [7, 11) is -3.75. The molecule has 10 heteroatoms. The fourth-order valence-electron chi connectivity index (χ4n) is 3.38. The number of hydrogen-bond acceptors (Lipinski definition) is 7. The lowest BCUT2D eigenvalue weighted by molar-refractivity contribution is -0.121. The van der Waals surface area contributed by atoms with Gasteiger partial charge in [-0.1, -0.05) is 0 Å². The van der Waals surface area contributed by atoms with Crippen LogP contribution in [0.4, 0.5) is 0 Å². The predicted molar refractivity (Wildman–Crippen MR) is 111 cm³/mol. The Morgan fingerprint density at radius 3 is 2.53 bits per heavy atom. The molecule has 0 aliphatic carbocycles. The van der Waals surface area contributed by atoms with Gasteiger partial charge < -0.3 is 19.5 Å². The summed E-state index contributed by atoms with van der Waals surface area (Å²) in [6.45, 7) is 8.71. The molecule has 0 aromatic heterocycles. The fourth-order valence-corrected chi connectivity index (χ4v) is 4.42. The number of hydrogen-bond donors (Lipinski definition) is 2. The van der Waals surface area contributed by atoms with Gasteiger partial charge in [-0.2, -0.15) is 0 Å². The lowest BCUT2D eigenvalue weighted by Crippen LogP contribution is -2.55. The molecule has 30 heavy (non-hydrogen) atoms. The second-order valence-corrected chi connectivity index (χ2v) is 9.76. The molecule has 0 radical (unpaired) electrons. The molecule has 0 atom stereocenters. The van der Waals surface area contributed by atoms with Crippen LogP contribution in [0.2, 0.25) is 0 Å². The van der Waals surface area contributed by atoms with Gasteiger partial charge in [0.2, 0.25) is 15.9 Å². The van der Waals surface area contributed by atoms with E-state index in [-0.39, 0.29) is 29.3 Å². The molecule has 1 aromatic carbocycles. The number of nitrogens with one attached hydrogen (secondary N) is 2. The summed E-state index contributed by atoms with van der Waals surface area (Å²) < 4.78 is 44.0. The number of carbonyl (C=O) groups excluding carboxylic acids is 1. The average Bonchev–Trinajstić information content (AvgIpc) is 2.98. The van der Waals surface area contributed by atoms with E-state index >= 15 is 0 Å². The monoisotopic (exact) mass is 441 g/mol. The summed E-state index contributed by atoms with van der Waals surface area (Å²) in [5, 5.41) is 2.90. The molecule has 1 amide bonds. The zero-order valence-corrected chi connectivity index (χ0v) is 18.4. The third kappa shape index (κ3) is 6.07. The summed E-state index contributed by atoms with van der Waals surface area (Å²) >= 11 is 0. The molecule has 0 bridgehead atoms. The van der Waals surface area contributed by atoms with E-state index in [0.717, 1.165) is 19.5 Å². The van der Waals surface area contributed by atoms with Crippen LogP contribution in [-0.2, 0) is 19.6 Å². The van der Waals surface area contributed by atoms with Crippen molar-refractivity contribution in [3.63, 3.8) is 0 Å². The SMILES string of the molecule is CC(C)(CNC(=O)CCNS(=O)(=O)c1ccc2c(c1)OCCCO2)N1CCOCC1. The van der Waals surface area contributed by atoms with Crippen LogP contribution >= 0.6 is 0 Å². The summed E-state index contributed by atoms with van der Waals surface area (Å²) in [6, 6.07) is 4.52. The summed E-state index contributed by atoms with van der Waals surface area (Å²) in [5.74, 6) is 0.755. The van der Waals surface area contributed by atoms with Crippen molar-refractivity contribution in [2.75, 3.05) is 52.6 Å². The Morgan fingerprint density at radius 1 is 1.10 bits per heavy atom. The molecule has 1 aromatic rings. The van der Waals surface area contributed by atoms with Crippen molar-refractivity contribution in [1.82, 2.24) is 14.9 Å². The first-order chi connectivity index (χ1) is 14.3. The Bertz CT molecular complexity index is 837. The second-order valence-electron chi connectivity index (χ2n) is 8.00. The van der Waals surface area contributed by atoms with Crippen LogP contribution in [0, 0.1) is 0 Å². The van der Waals surface area contributed by atoms with Crippen LogP contribution in [0.25, 0.3) is 0 Å². The third-order valence-electron chi connectivity index (χ3n) is 5.26. The number of amides is 1. The van der Waals surface area contributed by atoms with Crippen LogP contribution in [0.5, 0.6) is 11.5 Å². The first-order valence-corrected chi connectivity index (χ1v) is 11.8. The zero-order chi connectivity index (χ0) is 21.6. The lowest BCUT2D eigenvalue weighted by atomic mass is 10.0. The minimum Gasteiger partial charge on any atom is -0.490 e. The van der Waals surface area contributed by atoms with E-state index in [1.54, 1.807) is 6.07 Å². The van der Waals surface area contributed by atoms with E-state index in [1.165, 1.54) is 12.1 Å². The first-order valence-electron chi connectivity index (χ1n) is 10.3. The maximum absolute atomic E-state index is 12.6. The Labute approximate surface area is 178 Å². The van der Waals surface area contributed by atoms with E-state index in [0.29, 0.717) is 44.5 Å². The molecule has 2 heterocycles. The average molecular weight is 442 g/mol. The van der Waals surface area contributed by atoms with Gasteiger partial charge in [0.15, 0.2) is 11.5 Å². The van der Waals surface area contributed by atoms with Crippen molar-refractivity contribution in [2.24, 2.45) is 0 Å². The number of sulfonamides is 1. The molecule has 1 saturated heterocycles. The zero-order valence-electron chi connectivity index (χ0n) is 17.6. The van der Waals surface area contributed by atoms with Crippen LogP contribution < -0.4 is 19.5 Å². The highest BCUT2D eigenvalue weighted by Gasteiger charge is 2.28. The summed E-state index contributed by atoms with van der Waals surface area (Å²) in [5.41, 5.74) is -0.192. The van der Waals surface area contributed by atoms with Gasteiger partial charge in [-0.15, -0.1) is 0 Å². The van der Waals surface area contributed by atoms with E-state index in [2.05, 4.69) is 28.8 Å². The molecule has 1 fully saturated rings. The molecular formula is C20H31N3O6S. The van der Waals surface area contributed by atoms with Crippen LogP contribution in [-0.4, -0.2) is 77.4 Å². The van der Waals surface area contributed by atoms with Crippen molar-refractivity contribution in [1.29, 1.82) is 0 Å². The number of rotatable bonds is 8. The number of nitrogens with zero attached hydrogens (tertiary/aromatic N) is 1. The largest absolute Gasteiger partial charge is 0.490 e. The van der Waals surface area contributed by atoms with Crippen molar-refractivity contribution in [2.45, 2.75) is 37.1 Å². The molecule has 2 aliphatic heterocycles. The first kappa shape index (κ1) is 22.8. The quantitative estimate of drug-likeness (QED) is 0.613. The minimum atomic E-state index is -3.75. The number of benzene rings is 1. The van der Waals surface area contributed by atoms with Crippen LogP contribution in [0.1, 0.15) is 26.7 Å². The Kier molecular flexibility index (Phi) is 7.56. The Hall–Kier alpha value is -1.88. The highest BCUT2D eigenvalue weighted by Crippen LogP contribution is 2.31. The van der Waals surface area contributed by atoms with Crippen molar-refractivity contribution in [3.05, 3.63) is 18.2 Å². The van der Waals surface area contributed by atoms with E-state index in [4.69, 9.17) is 14.2 Å². The second kappa shape index (κ2) is 9.95. The van der Waals surface area contributed by atoms with Crippen LogP contribution in [0.15, 0.2) is 23.1 Å². The smallest absolute Gasteiger partial charge is 0.240 e. The summed E-state index contributed by atoms with van der Waals surface area (Å²) in [4.78, 5) is 14.6. The fraction of sp³-hybridized carbons (Fsp3) is 0.650. The minimum absolute atomic E-state index is 0.0145. The van der Waals surface area contributed by atoms with Gasteiger partial charge >= 0.3 is 0 Å². The van der Waals surface area contributed by atoms with Crippen molar-refractivity contribution >= 4 is 15.9 Å². The molecule has 2 aliphatic rings. The van der Waals surface area contributed by atoms with E-state index in [9.17, 15) is 13.2 Å². The molecule has 3 rings (SSSR count). The van der Waals surface area contributed by atoms with Gasteiger partial charge in [-0.25, -0.2) is 13.1 Å². The molecule has 0 spiro atoms. The molecule has 168 valence electrons. The lowest BCUT2D eigenvalue weighted by Gasteiger charge is -2.40. The predicted octanol–water partition coefficient (Wildman–Crippen LogP) is 0.743. The van der Waals surface area contributed by atoms with E-state index < -0.39 is 10.0 Å². The number of fused-ring (bicyclic) bond motifs is 1. The number of carbonyl (C=O) groups is 1. The highest BCUT2D eigenvalue weighted by atomic mass is 32.2. The normalized spacial score (nSPS) is 17.9. The molecule has 2 N–H and O–H groups in total. The van der Waals surface area contributed by atoms with Crippen molar-refractivity contribution < 1.29 is 27.4 Å². The Balaban J connectivity index is 1.47. The van der Waals surface area contributed by atoms with Crippen molar-refractivity contribution in [3.8, 4) is 11.5 Å². The van der Waals surface area contributed by atoms with Gasteiger partial charge in [0.05, 0.1) is 31.3 Å². The molecule has 0 saturated carbocycles.